The number of hydrogen-bond acceptors (Lipinski definition) is 4. The molecule has 0 radical (unpaired) electrons. The van der Waals surface area contributed by atoms with Crippen LogP contribution in [0.25, 0.3) is 0 Å². The Bertz CT molecular complexity index is 609. The number of carbonyl (C=O) groups is 2. The highest BCUT2D eigenvalue weighted by molar-refractivity contribution is 6.32. The van der Waals surface area contributed by atoms with Crippen molar-refractivity contribution in [3.63, 3.8) is 0 Å². The molecular formula is C11H7ClN2O4. The fourth-order valence-electron chi connectivity index (χ4n) is 1.26. The van der Waals surface area contributed by atoms with Crippen molar-refractivity contribution in [3.05, 3.63) is 47.0 Å². The highest BCUT2D eigenvalue weighted by atomic mass is 35.5. The van der Waals surface area contributed by atoms with E-state index in [2.05, 4.69) is 10.3 Å². The number of halogens is 1. The molecular weight excluding hydrogens is 260 g/mol. The number of nitrogens with one attached hydrogen (secondary N) is 1. The molecule has 0 spiro atoms. The number of rotatable bonds is 3. The number of amides is 1. The van der Waals surface area contributed by atoms with Crippen LogP contribution >= 0.6 is 11.6 Å². The molecule has 2 aromatic rings. The first-order valence-electron chi connectivity index (χ1n) is 4.82. The maximum Gasteiger partial charge on any atom is 0.354 e. The SMILES string of the molecule is O=C(O)c1cccc(NC(=O)c2ccoc2Cl)n1. The van der Waals surface area contributed by atoms with Crippen LogP contribution in [0.5, 0.6) is 0 Å². The van der Waals surface area contributed by atoms with Crippen molar-refractivity contribution in [3.8, 4) is 0 Å². The summed E-state index contributed by atoms with van der Waals surface area (Å²) in [5.74, 6) is -1.58. The van der Waals surface area contributed by atoms with Crippen LogP contribution in [0, 0.1) is 0 Å². The Morgan fingerprint density at radius 3 is 2.72 bits per heavy atom. The van der Waals surface area contributed by atoms with E-state index in [0.717, 1.165) is 0 Å². The fraction of sp³-hybridized carbons (Fsp3) is 0. The predicted octanol–water partition coefficient (Wildman–Crippen LogP) is 2.28. The summed E-state index contributed by atoms with van der Waals surface area (Å²) in [6, 6.07) is 5.67. The summed E-state index contributed by atoms with van der Waals surface area (Å²) in [7, 11) is 0. The van der Waals surface area contributed by atoms with E-state index < -0.39 is 11.9 Å². The molecule has 1 amide bonds. The van der Waals surface area contributed by atoms with Crippen LogP contribution in [-0.2, 0) is 0 Å². The minimum absolute atomic E-state index is 0.0399. The number of carboxylic acid groups (broad SMARTS) is 1. The van der Waals surface area contributed by atoms with Crippen LogP contribution in [0.1, 0.15) is 20.8 Å². The molecule has 0 aliphatic heterocycles. The lowest BCUT2D eigenvalue weighted by Gasteiger charge is -2.03. The van der Waals surface area contributed by atoms with Gasteiger partial charge in [0.25, 0.3) is 5.91 Å². The normalized spacial score (nSPS) is 10.1. The lowest BCUT2D eigenvalue weighted by atomic mass is 10.3. The van der Waals surface area contributed by atoms with Crippen LogP contribution in [0.15, 0.2) is 34.9 Å². The molecule has 0 fully saturated rings. The summed E-state index contributed by atoms with van der Waals surface area (Å²) in [4.78, 5) is 26.2. The predicted molar refractivity (Wildman–Crippen MR) is 62.9 cm³/mol. The number of pyridine rings is 1. The zero-order chi connectivity index (χ0) is 13.1. The molecule has 18 heavy (non-hydrogen) atoms. The maximum atomic E-state index is 11.7. The van der Waals surface area contributed by atoms with E-state index >= 15 is 0 Å². The number of nitrogens with zero attached hydrogens (tertiary/aromatic N) is 1. The number of aromatic nitrogens is 1. The molecule has 0 aliphatic carbocycles. The van der Waals surface area contributed by atoms with Gasteiger partial charge in [-0.3, -0.25) is 4.79 Å². The summed E-state index contributed by atoms with van der Waals surface area (Å²) in [5.41, 5.74) is -0.00900. The van der Waals surface area contributed by atoms with Crippen molar-refractivity contribution in [1.29, 1.82) is 0 Å². The number of furan rings is 1. The van der Waals surface area contributed by atoms with Crippen molar-refractivity contribution < 1.29 is 19.1 Å². The first kappa shape index (κ1) is 12.1. The number of aromatic carboxylic acids is 1. The van der Waals surface area contributed by atoms with Crippen LogP contribution in [0.4, 0.5) is 5.82 Å². The van der Waals surface area contributed by atoms with E-state index in [1.165, 1.54) is 30.5 Å². The second-order valence-electron chi connectivity index (χ2n) is 3.28. The summed E-state index contributed by atoms with van der Waals surface area (Å²) >= 11 is 5.64. The zero-order valence-electron chi connectivity index (χ0n) is 8.88. The van der Waals surface area contributed by atoms with E-state index in [0.29, 0.717) is 0 Å². The van der Waals surface area contributed by atoms with E-state index in [1.807, 2.05) is 0 Å². The lowest BCUT2D eigenvalue weighted by Crippen LogP contribution is -2.13. The third kappa shape index (κ3) is 2.49. The Balaban J connectivity index is 2.20. The van der Waals surface area contributed by atoms with Gasteiger partial charge in [0.05, 0.1) is 11.8 Å². The molecule has 2 aromatic heterocycles. The first-order valence-corrected chi connectivity index (χ1v) is 5.20. The van der Waals surface area contributed by atoms with Gasteiger partial charge in [-0.2, -0.15) is 0 Å². The van der Waals surface area contributed by atoms with Gasteiger partial charge in [0.1, 0.15) is 5.82 Å². The van der Waals surface area contributed by atoms with E-state index in [4.69, 9.17) is 21.1 Å². The smallest absolute Gasteiger partial charge is 0.354 e. The molecule has 0 saturated heterocycles. The Hall–Kier alpha value is -2.34. The summed E-state index contributed by atoms with van der Waals surface area (Å²) in [6.45, 7) is 0. The highest BCUT2D eigenvalue weighted by Gasteiger charge is 2.14. The minimum Gasteiger partial charge on any atom is -0.477 e. The van der Waals surface area contributed by atoms with Gasteiger partial charge >= 0.3 is 5.97 Å². The summed E-state index contributed by atoms with van der Waals surface area (Å²) in [5, 5.41) is 11.1. The highest BCUT2D eigenvalue weighted by Crippen LogP contribution is 2.18. The van der Waals surface area contributed by atoms with E-state index in [9.17, 15) is 9.59 Å². The number of anilines is 1. The second kappa shape index (κ2) is 4.89. The molecule has 0 bridgehead atoms. The molecule has 0 aliphatic rings. The third-order valence-corrected chi connectivity index (χ3v) is 2.37. The summed E-state index contributed by atoms with van der Waals surface area (Å²) in [6.07, 6.45) is 1.28. The molecule has 0 atom stereocenters. The molecule has 2 rings (SSSR count). The number of carbonyl (C=O) groups excluding carboxylic acids is 1. The van der Waals surface area contributed by atoms with Gasteiger partial charge in [0.2, 0.25) is 5.22 Å². The van der Waals surface area contributed by atoms with Gasteiger partial charge in [-0.25, -0.2) is 9.78 Å². The van der Waals surface area contributed by atoms with Crippen LogP contribution in [-0.4, -0.2) is 22.0 Å². The Labute approximate surface area is 106 Å². The zero-order valence-corrected chi connectivity index (χ0v) is 9.64. The Kier molecular flexibility index (Phi) is 3.29. The largest absolute Gasteiger partial charge is 0.477 e. The molecule has 7 heteroatoms. The molecule has 2 heterocycles. The molecule has 6 nitrogen and oxygen atoms in total. The average molecular weight is 267 g/mol. The monoisotopic (exact) mass is 266 g/mol. The van der Waals surface area contributed by atoms with Gasteiger partial charge in [-0.1, -0.05) is 6.07 Å². The first-order chi connectivity index (χ1) is 8.58. The Morgan fingerprint density at radius 1 is 1.33 bits per heavy atom. The van der Waals surface area contributed by atoms with Crippen LogP contribution in [0.2, 0.25) is 5.22 Å². The van der Waals surface area contributed by atoms with E-state index in [1.54, 1.807) is 0 Å². The average Bonchev–Trinajstić information content (AvgIpc) is 2.76. The van der Waals surface area contributed by atoms with Gasteiger partial charge in [-0.15, -0.1) is 0 Å². The quantitative estimate of drug-likeness (QED) is 0.889. The fourth-order valence-corrected chi connectivity index (χ4v) is 1.46. The van der Waals surface area contributed by atoms with Crippen molar-refractivity contribution in [1.82, 2.24) is 4.98 Å². The molecule has 0 aromatic carbocycles. The second-order valence-corrected chi connectivity index (χ2v) is 3.62. The molecule has 92 valence electrons. The standard InChI is InChI=1S/C11H7ClN2O4/c12-9-6(4-5-18-9)10(15)14-8-3-1-2-7(13-8)11(16)17/h1-5H,(H,16,17)(H,13,14,15). The lowest BCUT2D eigenvalue weighted by molar-refractivity contribution is 0.0690. The van der Waals surface area contributed by atoms with Crippen molar-refractivity contribution in [2.45, 2.75) is 0 Å². The van der Waals surface area contributed by atoms with Gasteiger partial charge in [0, 0.05) is 0 Å². The van der Waals surface area contributed by atoms with Crippen molar-refractivity contribution in [2.75, 3.05) is 5.32 Å². The molecule has 0 saturated carbocycles. The summed E-state index contributed by atoms with van der Waals surface area (Å²) < 4.78 is 4.78. The maximum absolute atomic E-state index is 11.7. The number of carboxylic acids is 1. The van der Waals surface area contributed by atoms with Gasteiger partial charge in [0.15, 0.2) is 5.69 Å². The van der Waals surface area contributed by atoms with E-state index in [-0.39, 0.29) is 22.3 Å². The Morgan fingerprint density at radius 2 is 2.11 bits per heavy atom. The van der Waals surface area contributed by atoms with Gasteiger partial charge in [-0.05, 0) is 29.8 Å². The molecule has 0 unspecified atom stereocenters. The molecule has 2 N–H and O–H groups in total. The number of hydrogen-bond donors (Lipinski definition) is 2. The van der Waals surface area contributed by atoms with Crippen molar-refractivity contribution in [2.24, 2.45) is 0 Å². The van der Waals surface area contributed by atoms with Crippen LogP contribution in [0.3, 0.4) is 0 Å². The van der Waals surface area contributed by atoms with Crippen LogP contribution < -0.4 is 5.32 Å². The minimum atomic E-state index is -1.17. The van der Waals surface area contributed by atoms with Gasteiger partial charge < -0.3 is 14.8 Å². The third-order valence-electron chi connectivity index (χ3n) is 2.07. The van der Waals surface area contributed by atoms with Crippen molar-refractivity contribution >= 4 is 29.3 Å². The topological polar surface area (TPSA) is 92.4 Å².